The zero-order valence-electron chi connectivity index (χ0n) is 14.7. The number of anilines is 1. The van der Waals surface area contributed by atoms with Gasteiger partial charge in [0, 0.05) is 24.4 Å². The van der Waals surface area contributed by atoms with Crippen molar-refractivity contribution >= 4 is 44.0 Å². The van der Waals surface area contributed by atoms with Crippen molar-refractivity contribution in [1.82, 2.24) is 14.9 Å². The Balaban J connectivity index is 1.83. The van der Waals surface area contributed by atoms with Crippen molar-refractivity contribution in [2.45, 2.75) is 38.5 Å². The van der Waals surface area contributed by atoms with Crippen molar-refractivity contribution in [1.29, 1.82) is 0 Å². The summed E-state index contributed by atoms with van der Waals surface area (Å²) >= 11 is 7.06. The molecule has 26 heavy (non-hydrogen) atoms. The topological polar surface area (TPSA) is 101 Å². The molecule has 0 aliphatic carbocycles. The van der Waals surface area contributed by atoms with Crippen molar-refractivity contribution in [3.63, 3.8) is 0 Å². The molecule has 2 rings (SSSR count). The molecule has 1 aromatic carbocycles. The Morgan fingerprint density at radius 1 is 1.19 bits per heavy atom. The van der Waals surface area contributed by atoms with E-state index in [1.54, 1.807) is 0 Å². The van der Waals surface area contributed by atoms with Crippen molar-refractivity contribution in [2.24, 2.45) is 5.41 Å². The molecular formula is C16H21ClN4O3S2. The van der Waals surface area contributed by atoms with Gasteiger partial charge in [0.2, 0.25) is 21.1 Å². The van der Waals surface area contributed by atoms with E-state index in [0.717, 1.165) is 11.4 Å². The van der Waals surface area contributed by atoms with Crippen LogP contribution in [-0.2, 0) is 21.2 Å². The number of nitrogens with one attached hydrogen (secondary N) is 2. The zero-order chi connectivity index (χ0) is 19.4. The van der Waals surface area contributed by atoms with E-state index >= 15 is 0 Å². The van der Waals surface area contributed by atoms with E-state index < -0.39 is 10.0 Å². The summed E-state index contributed by atoms with van der Waals surface area (Å²) in [4.78, 5) is 12.0. The molecule has 0 atom stereocenters. The third kappa shape index (κ3) is 6.64. The molecule has 0 aliphatic rings. The van der Waals surface area contributed by atoms with Crippen molar-refractivity contribution < 1.29 is 13.2 Å². The maximum absolute atomic E-state index is 12.1. The molecule has 0 radical (unpaired) electrons. The van der Waals surface area contributed by atoms with Crippen LogP contribution < -0.4 is 10.0 Å². The summed E-state index contributed by atoms with van der Waals surface area (Å²) in [6, 6.07) is 5.80. The van der Waals surface area contributed by atoms with Crippen LogP contribution in [0.2, 0.25) is 5.02 Å². The van der Waals surface area contributed by atoms with Crippen molar-refractivity contribution in [3.8, 4) is 0 Å². The molecule has 142 valence electrons. The maximum atomic E-state index is 12.1. The highest BCUT2D eigenvalue weighted by molar-refractivity contribution is 7.89. The number of nitrogens with zero attached hydrogens (tertiary/aromatic N) is 2. The van der Waals surface area contributed by atoms with Gasteiger partial charge < -0.3 is 5.32 Å². The molecule has 0 saturated carbocycles. The minimum Gasteiger partial charge on any atom is -0.300 e. The highest BCUT2D eigenvalue weighted by atomic mass is 35.5. The van der Waals surface area contributed by atoms with Gasteiger partial charge in [-0.2, -0.15) is 0 Å². The second kappa shape index (κ2) is 8.43. The molecule has 1 heterocycles. The van der Waals surface area contributed by atoms with Gasteiger partial charge in [0.05, 0.1) is 4.90 Å². The molecule has 0 fully saturated rings. The number of hydrogen-bond acceptors (Lipinski definition) is 6. The zero-order valence-corrected chi connectivity index (χ0v) is 17.1. The molecule has 0 saturated heterocycles. The van der Waals surface area contributed by atoms with E-state index in [1.807, 2.05) is 0 Å². The maximum Gasteiger partial charge on any atom is 0.240 e. The Morgan fingerprint density at radius 3 is 2.46 bits per heavy atom. The fourth-order valence-electron chi connectivity index (χ4n) is 2.01. The number of rotatable bonds is 7. The highest BCUT2D eigenvalue weighted by Crippen LogP contribution is 2.24. The third-order valence-electron chi connectivity index (χ3n) is 3.16. The molecular weight excluding hydrogens is 396 g/mol. The fourth-order valence-corrected chi connectivity index (χ4v) is 4.22. The number of hydrogen-bond donors (Lipinski definition) is 2. The second-order valence-electron chi connectivity index (χ2n) is 6.89. The van der Waals surface area contributed by atoms with Crippen LogP contribution in [0.15, 0.2) is 29.2 Å². The number of benzene rings is 1. The highest BCUT2D eigenvalue weighted by Gasteiger charge is 2.17. The number of carbonyl (C=O) groups is 1. The molecule has 10 heteroatoms. The van der Waals surface area contributed by atoms with Gasteiger partial charge in [-0.05, 0) is 29.7 Å². The predicted octanol–water partition coefficient (Wildman–Crippen LogP) is 3.09. The lowest BCUT2D eigenvalue weighted by atomic mass is 9.93. The number of halogens is 1. The smallest absolute Gasteiger partial charge is 0.240 e. The van der Waals surface area contributed by atoms with Crippen LogP contribution in [0.1, 0.15) is 32.2 Å². The lowest BCUT2D eigenvalue weighted by molar-refractivity contribution is -0.116. The monoisotopic (exact) mass is 416 g/mol. The predicted molar refractivity (Wildman–Crippen MR) is 103 cm³/mol. The Bertz CT molecular complexity index is 858. The Morgan fingerprint density at radius 2 is 1.85 bits per heavy atom. The van der Waals surface area contributed by atoms with Crippen LogP contribution in [0.5, 0.6) is 0 Å². The lowest BCUT2D eigenvalue weighted by Gasteiger charge is -2.14. The van der Waals surface area contributed by atoms with E-state index in [4.69, 9.17) is 11.6 Å². The van der Waals surface area contributed by atoms with Crippen LogP contribution >= 0.6 is 22.9 Å². The van der Waals surface area contributed by atoms with E-state index in [1.165, 1.54) is 35.6 Å². The first-order chi connectivity index (χ1) is 12.0. The van der Waals surface area contributed by atoms with Crippen LogP contribution in [0, 0.1) is 5.41 Å². The fraction of sp³-hybridized carbons (Fsp3) is 0.438. The Hall–Kier alpha value is -1.55. The summed E-state index contributed by atoms with van der Waals surface area (Å²) in [5, 5.41) is 12.3. The molecule has 2 N–H and O–H groups in total. The summed E-state index contributed by atoms with van der Waals surface area (Å²) < 4.78 is 26.6. The normalized spacial score (nSPS) is 12.2. The Kier molecular flexibility index (Phi) is 6.73. The van der Waals surface area contributed by atoms with Gasteiger partial charge in [0.25, 0.3) is 0 Å². The number of carbonyl (C=O) groups excluding carboxylic acids is 1. The molecule has 2 aromatic rings. The van der Waals surface area contributed by atoms with Gasteiger partial charge in [-0.25, -0.2) is 13.1 Å². The van der Waals surface area contributed by atoms with Gasteiger partial charge in [0.15, 0.2) is 0 Å². The summed E-state index contributed by atoms with van der Waals surface area (Å²) in [5.41, 5.74) is 0.0841. The molecule has 0 aliphatic heterocycles. The SMILES string of the molecule is CC(C)(C)Cc1nnc(NC(=O)CCNS(=O)(=O)c2ccc(Cl)cc2)s1. The standard InChI is InChI=1S/C16H21ClN4O3S2/c1-16(2,3)10-14-20-21-15(25-14)19-13(22)8-9-18-26(23,24)12-6-4-11(17)5-7-12/h4-7,18H,8-10H2,1-3H3,(H,19,21,22). The van der Waals surface area contributed by atoms with Crippen LogP contribution in [-0.4, -0.2) is 31.1 Å². The number of amides is 1. The average Bonchev–Trinajstić information content (AvgIpc) is 2.92. The summed E-state index contributed by atoms with van der Waals surface area (Å²) in [7, 11) is -3.68. The van der Waals surface area contributed by atoms with Gasteiger partial charge >= 0.3 is 0 Å². The molecule has 1 aromatic heterocycles. The number of sulfonamides is 1. The van der Waals surface area contributed by atoms with Gasteiger partial charge in [0.1, 0.15) is 5.01 Å². The second-order valence-corrected chi connectivity index (χ2v) is 10.2. The largest absolute Gasteiger partial charge is 0.300 e. The van der Waals surface area contributed by atoms with E-state index in [2.05, 4.69) is 41.0 Å². The van der Waals surface area contributed by atoms with Crippen LogP contribution in [0.3, 0.4) is 0 Å². The van der Waals surface area contributed by atoms with Gasteiger partial charge in [-0.3, -0.25) is 4.79 Å². The summed E-state index contributed by atoms with van der Waals surface area (Å²) in [6.45, 7) is 6.27. The lowest BCUT2D eigenvalue weighted by Crippen LogP contribution is -2.27. The summed E-state index contributed by atoms with van der Waals surface area (Å²) in [5.74, 6) is -0.331. The molecule has 7 nitrogen and oxygen atoms in total. The van der Waals surface area contributed by atoms with Crippen molar-refractivity contribution in [2.75, 3.05) is 11.9 Å². The first-order valence-corrected chi connectivity index (χ1v) is 10.6. The van der Waals surface area contributed by atoms with E-state index in [0.29, 0.717) is 10.2 Å². The molecule has 0 spiro atoms. The van der Waals surface area contributed by atoms with Gasteiger partial charge in [-0.15, -0.1) is 10.2 Å². The van der Waals surface area contributed by atoms with Crippen molar-refractivity contribution in [3.05, 3.63) is 34.3 Å². The van der Waals surface area contributed by atoms with Crippen LogP contribution in [0.25, 0.3) is 0 Å². The third-order valence-corrected chi connectivity index (χ3v) is 5.73. The minimum absolute atomic E-state index is 0.0129. The molecule has 0 bridgehead atoms. The average molecular weight is 417 g/mol. The summed E-state index contributed by atoms with van der Waals surface area (Å²) in [6.07, 6.45) is 0.752. The quantitative estimate of drug-likeness (QED) is 0.722. The molecule has 1 amide bonds. The number of aromatic nitrogens is 2. The first kappa shape index (κ1) is 20.8. The molecule has 0 unspecified atom stereocenters. The van der Waals surface area contributed by atoms with Crippen LogP contribution in [0.4, 0.5) is 5.13 Å². The van der Waals surface area contributed by atoms with Gasteiger partial charge in [-0.1, -0.05) is 43.7 Å². The van der Waals surface area contributed by atoms with E-state index in [-0.39, 0.29) is 29.2 Å². The first-order valence-electron chi connectivity index (χ1n) is 7.93. The Labute approximate surface area is 162 Å². The van der Waals surface area contributed by atoms with E-state index in [9.17, 15) is 13.2 Å². The minimum atomic E-state index is -3.68.